The first-order valence-corrected chi connectivity index (χ1v) is 9.04. The van der Waals surface area contributed by atoms with Crippen LogP contribution in [0.4, 0.5) is 11.5 Å². The van der Waals surface area contributed by atoms with Crippen molar-refractivity contribution in [1.29, 1.82) is 0 Å². The number of para-hydroxylation sites is 2. The second kappa shape index (κ2) is 7.70. The van der Waals surface area contributed by atoms with Gasteiger partial charge in [0.1, 0.15) is 24.1 Å². The summed E-state index contributed by atoms with van der Waals surface area (Å²) < 4.78 is 5.58. The lowest BCUT2D eigenvalue weighted by atomic mass is 10.00. The molecule has 6 nitrogen and oxygen atoms in total. The first-order chi connectivity index (χ1) is 13.6. The SMILES string of the molecule is O=C(Nc1ccc(Cl)cn1)c1ccccc1NC(=O)[C@@H]1COc2ccccc21. The van der Waals surface area contributed by atoms with Crippen LogP contribution in [0.25, 0.3) is 0 Å². The maximum atomic E-state index is 12.8. The van der Waals surface area contributed by atoms with Gasteiger partial charge in [0, 0.05) is 11.8 Å². The van der Waals surface area contributed by atoms with Crippen LogP contribution in [0.3, 0.4) is 0 Å². The Bertz CT molecular complexity index is 1040. The molecule has 0 fully saturated rings. The van der Waals surface area contributed by atoms with Gasteiger partial charge < -0.3 is 15.4 Å². The van der Waals surface area contributed by atoms with Gasteiger partial charge in [0.2, 0.25) is 5.91 Å². The molecule has 2 N–H and O–H groups in total. The van der Waals surface area contributed by atoms with Crippen LogP contribution in [-0.4, -0.2) is 23.4 Å². The Morgan fingerprint density at radius 1 is 1.00 bits per heavy atom. The number of carbonyl (C=O) groups is 2. The van der Waals surface area contributed by atoms with Crippen LogP contribution in [0, 0.1) is 0 Å². The molecule has 2 aromatic carbocycles. The summed E-state index contributed by atoms with van der Waals surface area (Å²) in [6, 6.07) is 17.5. The molecule has 140 valence electrons. The number of nitrogens with zero attached hydrogens (tertiary/aromatic N) is 1. The molecular formula is C21H16ClN3O3. The van der Waals surface area contributed by atoms with Gasteiger partial charge in [-0.05, 0) is 30.3 Å². The van der Waals surface area contributed by atoms with Crippen molar-refractivity contribution in [3.8, 4) is 5.75 Å². The van der Waals surface area contributed by atoms with E-state index in [-0.39, 0.29) is 18.4 Å². The number of pyridine rings is 1. The van der Waals surface area contributed by atoms with Crippen molar-refractivity contribution in [3.63, 3.8) is 0 Å². The number of halogens is 1. The number of rotatable bonds is 4. The highest BCUT2D eigenvalue weighted by atomic mass is 35.5. The number of hydrogen-bond acceptors (Lipinski definition) is 4. The highest BCUT2D eigenvalue weighted by Crippen LogP contribution is 2.34. The first kappa shape index (κ1) is 18.0. The van der Waals surface area contributed by atoms with Crippen LogP contribution in [-0.2, 0) is 4.79 Å². The molecule has 2 heterocycles. The summed E-state index contributed by atoms with van der Waals surface area (Å²) in [6.07, 6.45) is 1.45. The van der Waals surface area contributed by atoms with Crippen molar-refractivity contribution in [2.45, 2.75) is 5.92 Å². The van der Waals surface area contributed by atoms with Gasteiger partial charge in [0.25, 0.3) is 5.91 Å². The maximum absolute atomic E-state index is 12.8. The summed E-state index contributed by atoms with van der Waals surface area (Å²) in [6.45, 7) is 0.272. The molecule has 2 amide bonds. The van der Waals surface area contributed by atoms with Crippen molar-refractivity contribution in [2.24, 2.45) is 0 Å². The van der Waals surface area contributed by atoms with Gasteiger partial charge in [-0.2, -0.15) is 0 Å². The zero-order valence-corrected chi connectivity index (χ0v) is 15.4. The standard InChI is InChI=1S/C21H16ClN3O3/c22-13-9-10-19(23-11-13)25-20(26)15-6-1-3-7-17(15)24-21(27)16-12-28-18-8-4-2-5-14(16)18/h1-11,16H,12H2,(H,24,27)(H,23,25,26)/t16-/m1/s1. The van der Waals surface area contributed by atoms with Crippen LogP contribution in [0.2, 0.25) is 5.02 Å². The smallest absolute Gasteiger partial charge is 0.258 e. The molecular weight excluding hydrogens is 378 g/mol. The van der Waals surface area contributed by atoms with E-state index in [2.05, 4.69) is 15.6 Å². The summed E-state index contributed by atoms with van der Waals surface area (Å²) >= 11 is 5.81. The summed E-state index contributed by atoms with van der Waals surface area (Å²) in [5.41, 5.74) is 1.59. The number of aromatic nitrogens is 1. The molecule has 1 atom stereocenters. The normalized spacial score (nSPS) is 14.7. The minimum Gasteiger partial charge on any atom is -0.492 e. The predicted octanol–water partition coefficient (Wildman–Crippen LogP) is 4.10. The molecule has 1 aliphatic rings. The Labute approximate surface area is 166 Å². The van der Waals surface area contributed by atoms with Gasteiger partial charge in [0.15, 0.2) is 0 Å². The number of ether oxygens (including phenoxy) is 1. The van der Waals surface area contributed by atoms with Gasteiger partial charge in [-0.25, -0.2) is 4.98 Å². The van der Waals surface area contributed by atoms with E-state index in [9.17, 15) is 9.59 Å². The molecule has 0 spiro atoms. The summed E-state index contributed by atoms with van der Waals surface area (Å²) in [5, 5.41) is 6.02. The van der Waals surface area contributed by atoms with E-state index in [0.717, 1.165) is 5.56 Å². The van der Waals surface area contributed by atoms with Gasteiger partial charge >= 0.3 is 0 Å². The largest absolute Gasteiger partial charge is 0.492 e. The Hall–Kier alpha value is -3.38. The van der Waals surface area contributed by atoms with Crippen LogP contribution in [0.5, 0.6) is 5.75 Å². The number of nitrogens with one attached hydrogen (secondary N) is 2. The van der Waals surface area contributed by atoms with E-state index in [0.29, 0.717) is 27.8 Å². The Balaban J connectivity index is 1.52. The molecule has 0 saturated heterocycles. The third kappa shape index (κ3) is 3.68. The van der Waals surface area contributed by atoms with Gasteiger partial charge in [-0.1, -0.05) is 41.9 Å². The molecule has 0 unspecified atom stereocenters. The lowest BCUT2D eigenvalue weighted by molar-refractivity contribution is -0.117. The molecule has 3 aromatic rings. The van der Waals surface area contributed by atoms with Crippen LogP contribution >= 0.6 is 11.6 Å². The number of amides is 2. The zero-order valence-electron chi connectivity index (χ0n) is 14.7. The quantitative estimate of drug-likeness (QED) is 0.699. The molecule has 28 heavy (non-hydrogen) atoms. The Morgan fingerprint density at radius 3 is 2.61 bits per heavy atom. The maximum Gasteiger partial charge on any atom is 0.258 e. The second-order valence-corrected chi connectivity index (χ2v) is 6.69. The van der Waals surface area contributed by atoms with Crippen molar-refractivity contribution in [3.05, 3.63) is 83.0 Å². The zero-order chi connectivity index (χ0) is 19.5. The molecule has 0 saturated carbocycles. The number of carbonyl (C=O) groups excluding carboxylic acids is 2. The van der Waals surface area contributed by atoms with E-state index in [1.807, 2.05) is 24.3 Å². The molecule has 4 rings (SSSR count). The lowest BCUT2D eigenvalue weighted by Gasteiger charge is -2.14. The minimum absolute atomic E-state index is 0.227. The topological polar surface area (TPSA) is 80.3 Å². The molecule has 0 aliphatic carbocycles. The second-order valence-electron chi connectivity index (χ2n) is 6.25. The van der Waals surface area contributed by atoms with Crippen molar-refractivity contribution >= 4 is 34.9 Å². The van der Waals surface area contributed by atoms with Crippen LogP contribution < -0.4 is 15.4 Å². The number of benzene rings is 2. The molecule has 7 heteroatoms. The van der Waals surface area contributed by atoms with Gasteiger partial charge in [-0.3, -0.25) is 9.59 Å². The van der Waals surface area contributed by atoms with Crippen LogP contribution in [0.15, 0.2) is 66.9 Å². The lowest BCUT2D eigenvalue weighted by Crippen LogP contribution is -2.24. The van der Waals surface area contributed by atoms with E-state index >= 15 is 0 Å². The van der Waals surface area contributed by atoms with Gasteiger partial charge in [0.05, 0.1) is 16.3 Å². The summed E-state index contributed by atoms with van der Waals surface area (Å²) in [5.74, 6) is 0.0463. The minimum atomic E-state index is -0.426. The number of fused-ring (bicyclic) bond motifs is 1. The molecule has 0 radical (unpaired) electrons. The molecule has 1 aromatic heterocycles. The summed E-state index contributed by atoms with van der Waals surface area (Å²) in [7, 11) is 0. The monoisotopic (exact) mass is 393 g/mol. The predicted molar refractivity (Wildman–Crippen MR) is 107 cm³/mol. The molecule has 0 bridgehead atoms. The highest BCUT2D eigenvalue weighted by molar-refractivity contribution is 6.30. The Morgan fingerprint density at radius 2 is 1.79 bits per heavy atom. The average molecular weight is 394 g/mol. The number of anilines is 2. The van der Waals surface area contributed by atoms with Crippen molar-refractivity contribution in [2.75, 3.05) is 17.2 Å². The third-order valence-electron chi connectivity index (χ3n) is 4.41. The summed E-state index contributed by atoms with van der Waals surface area (Å²) in [4.78, 5) is 29.5. The fourth-order valence-electron chi connectivity index (χ4n) is 3.02. The third-order valence-corrected chi connectivity index (χ3v) is 4.64. The van der Waals surface area contributed by atoms with E-state index < -0.39 is 5.92 Å². The van der Waals surface area contributed by atoms with Crippen molar-refractivity contribution in [1.82, 2.24) is 4.98 Å². The van der Waals surface area contributed by atoms with Crippen LogP contribution in [0.1, 0.15) is 21.8 Å². The highest BCUT2D eigenvalue weighted by Gasteiger charge is 2.30. The molecule has 1 aliphatic heterocycles. The first-order valence-electron chi connectivity index (χ1n) is 8.66. The van der Waals surface area contributed by atoms with Gasteiger partial charge in [-0.15, -0.1) is 0 Å². The van der Waals surface area contributed by atoms with E-state index in [1.165, 1.54) is 6.20 Å². The van der Waals surface area contributed by atoms with E-state index in [1.54, 1.807) is 36.4 Å². The number of hydrogen-bond donors (Lipinski definition) is 2. The van der Waals surface area contributed by atoms with Crippen molar-refractivity contribution < 1.29 is 14.3 Å². The fraction of sp³-hybridized carbons (Fsp3) is 0.0952. The van der Waals surface area contributed by atoms with E-state index in [4.69, 9.17) is 16.3 Å². The fourth-order valence-corrected chi connectivity index (χ4v) is 3.13. The Kier molecular flexibility index (Phi) is 4.95. The average Bonchev–Trinajstić information content (AvgIpc) is 3.14.